The SMILES string of the molecule is CC[C@H](C)C(=O)N1CCC(c2ccc(OC(F)(F)F)c(Br)c2)CC1. The zero-order valence-corrected chi connectivity index (χ0v) is 15.3. The Hall–Kier alpha value is -1.24. The number of rotatable bonds is 4. The van der Waals surface area contributed by atoms with E-state index in [2.05, 4.69) is 20.7 Å². The van der Waals surface area contributed by atoms with Gasteiger partial charge in [0, 0.05) is 19.0 Å². The molecule has 134 valence electrons. The molecule has 0 unspecified atom stereocenters. The summed E-state index contributed by atoms with van der Waals surface area (Å²) in [6.45, 7) is 5.31. The number of hydrogen-bond acceptors (Lipinski definition) is 2. The van der Waals surface area contributed by atoms with E-state index in [9.17, 15) is 18.0 Å². The van der Waals surface area contributed by atoms with Gasteiger partial charge in [-0.05, 0) is 58.8 Å². The van der Waals surface area contributed by atoms with Crippen molar-refractivity contribution in [2.24, 2.45) is 5.92 Å². The van der Waals surface area contributed by atoms with Crippen LogP contribution in [0, 0.1) is 5.92 Å². The van der Waals surface area contributed by atoms with Crippen molar-refractivity contribution >= 4 is 21.8 Å². The molecule has 1 amide bonds. The summed E-state index contributed by atoms with van der Waals surface area (Å²) in [5, 5.41) is 0. The minimum atomic E-state index is -4.70. The highest BCUT2D eigenvalue weighted by molar-refractivity contribution is 9.10. The first-order chi connectivity index (χ1) is 11.2. The molecule has 0 bridgehead atoms. The van der Waals surface area contributed by atoms with Crippen LogP contribution in [-0.4, -0.2) is 30.3 Å². The third-order valence-corrected chi connectivity index (χ3v) is 5.11. The summed E-state index contributed by atoms with van der Waals surface area (Å²) in [6.07, 6.45) is -2.25. The van der Waals surface area contributed by atoms with E-state index >= 15 is 0 Å². The van der Waals surface area contributed by atoms with Crippen LogP contribution in [0.2, 0.25) is 0 Å². The Kier molecular flexibility index (Phi) is 6.17. The maximum Gasteiger partial charge on any atom is 0.573 e. The standard InChI is InChI=1S/C17H21BrF3NO2/c1-3-11(2)16(23)22-8-6-12(7-9-22)13-4-5-15(14(18)10-13)24-17(19,20)21/h4-5,10-12H,3,6-9H2,1-2H3/t11-/m0/s1. The Labute approximate surface area is 148 Å². The molecule has 0 aliphatic carbocycles. The second-order valence-corrected chi connectivity index (χ2v) is 7.00. The number of piperidine rings is 1. The van der Waals surface area contributed by atoms with Crippen molar-refractivity contribution in [2.75, 3.05) is 13.1 Å². The molecule has 0 saturated carbocycles. The summed E-state index contributed by atoms with van der Waals surface area (Å²) in [5.41, 5.74) is 0.965. The first-order valence-corrected chi connectivity index (χ1v) is 8.84. The van der Waals surface area contributed by atoms with E-state index in [1.807, 2.05) is 18.7 Å². The van der Waals surface area contributed by atoms with E-state index < -0.39 is 6.36 Å². The highest BCUT2D eigenvalue weighted by Crippen LogP contribution is 2.36. The summed E-state index contributed by atoms with van der Waals surface area (Å²) in [6, 6.07) is 4.68. The van der Waals surface area contributed by atoms with Crippen LogP contribution in [0.15, 0.2) is 22.7 Å². The average molecular weight is 408 g/mol. The van der Waals surface area contributed by atoms with Crippen molar-refractivity contribution < 1.29 is 22.7 Å². The van der Waals surface area contributed by atoms with Crippen LogP contribution in [0.3, 0.4) is 0 Å². The Morgan fingerprint density at radius 2 is 2.00 bits per heavy atom. The maximum atomic E-state index is 12.3. The topological polar surface area (TPSA) is 29.5 Å². The number of carbonyl (C=O) groups excluding carboxylic acids is 1. The molecule has 2 rings (SSSR count). The maximum absolute atomic E-state index is 12.3. The van der Waals surface area contributed by atoms with Crippen molar-refractivity contribution in [1.29, 1.82) is 0 Å². The predicted molar refractivity (Wildman–Crippen MR) is 88.8 cm³/mol. The molecule has 1 saturated heterocycles. The summed E-state index contributed by atoms with van der Waals surface area (Å²) in [4.78, 5) is 14.1. The monoisotopic (exact) mass is 407 g/mol. The largest absolute Gasteiger partial charge is 0.573 e. The first kappa shape index (κ1) is 19.1. The minimum absolute atomic E-state index is 0.0366. The summed E-state index contributed by atoms with van der Waals surface area (Å²) >= 11 is 3.14. The van der Waals surface area contributed by atoms with Gasteiger partial charge in [0.25, 0.3) is 0 Å². The van der Waals surface area contributed by atoms with Gasteiger partial charge in [0.15, 0.2) is 0 Å². The fourth-order valence-corrected chi connectivity index (χ4v) is 3.38. The van der Waals surface area contributed by atoms with Crippen LogP contribution >= 0.6 is 15.9 Å². The van der Waals surface area contributed by atoms with E-state index in [1.165, 1.54) is 6.07 Å². The second kappa shape index (κ2) is 7.76. The first-order valence-electron chi connectivity index (χ1n) is 8.05. The number of halogens is 4. The van der Waals surface area contributed by atoms with Crippen molar-refractivity contribution in [3.05, 3.63) is 28.2 Å². The molecule has 24 heavy (non-hydrogen) atoms. The van der Waals surface area contributed by atoms with E-state index in [0.717, 1.165) is 24.8 Å². The molecule has 0 aromatic heterocycles. The van der Waals surface area contributed by atoms with Gasteiger partial charge in [-0.1, -0.05) is 19.9 Å². The number of amides is 1. The number of benzene rings is 1. The number of hydrogen-bond donors (Lipinski definition) is 0. The van der Waals surface area contributed by atoms with Gasteiger partial charge in [0.2, 0.25) is 5.91 Å². The Morgan fingerprint density at radius 3 is 2.50 bits per heavy atom. The van der Waals surface area contributed by atoms with Crippen LogP contribution in [-0.2, 0) is 4.79 Å². The molecule has 0 spiro atoms. The Bertz CT molecular complexity index is 584. The van der Waals surface area contributed by atoms with Gasteiger partial charge in [-0.25, -0.2) is 0 Å². The molecule has 1 fully saturated rings. The Morgan fingerprint density at radius 1 is 1.38 bits per heavy atom. The average Bonchev–Trinajstić information content (AvgIpc) is 2.54. The van der Waals surface area contributed by atoms with Gasteiger partial charge < -0.3 is 9.64 Å². The van der Waals surface area contributed by atoms with Gasteiger partial charge >= 0.3 is 6.36 Å². The van der Waals surface area contributed by atoms with Crippen LogP contribution in [0.5, 0.6) is 5.75 Å². The molecule has 1 aliphatic rings. The molecule has 3 nitrogen and oxygen atoms in total. The molecular formula is C17H21BrF3NO2. The van der Waals surface area contributed by atoms with Crippen molar-refractivity contribution in [1.82, 2.24) is 4.90 Å². The highest BCUT2D eigenvalue weighted by atomic mass is 79.9. The lowest BCUT2D eigenvalue weighted by Crippen LogP contribution is -2.40. The third kappa shape index (κ3) is 4.88. The quantitative estimate of drug-likeness (QED) is 0.694. The van der Waals surface area contributed by atoms with E-state index in [0.29, 0.717) is 13.1 Å². The number of carbonyl (C=O) groups is 1. The van der Waals surface area contributed by atoms with Crippen molar-refractivity contribution in [3.63, 3.8) is 0 Å². The second-order valence-electron chi connectivity index (χ2n) is 6.15. The Balaban J connectivity index is 1.99. The van der Waals surface area contributed by atoms with Gasteiger partial charge in [0.05, 0.1) is 4.47 Å². The molecule has 1 aromatic rings. The molecule has 1 atom stereocenters. The van der Waals surface area contributed by atoms with Crippen LogP contribution in [0.4, 0.5) is 13.2 Å². The minimum Gasteiger partial charge on any atom is -0.405 e. The van der Waals surface area contributed by atoms with E-state index in [1.54, 1.807) is 12.1 Å². The molecule has 0 N–H and O–H groups in total. The van der Waals surface area contributed by atoms with Crippen LogP contribution in [0.1, 0.15) is 44.6 Å². The smallest absolute Gasteiger partial charge is 0.405 e. The highest BCUT2D eigenvalue weighted by Gasteiger charge is 2.32. The number of ether oxygens (including phenoxy) is 1. The number of likely N-dealkylation sites (tertiary alicyclic amines) is 1. The predicted octanol–water partition coefficient (Wildman–Crippen LogP) is 5.10. The van der Waals surface area contributed by atoms with Crippen molar-refractivity contribution in [2.45, 2.75) is 45.4 Å². The van der Waals surface area contributed by atoms with Crippen molar-refractivity contribution in [3.8, 4) is 5.75 Å². The molecular weight excluding hydrogens is 387 g/mol. The summed E-state index contributed by atoms with van der Waals surface area (Å²) < 4.78 is 41.2. The lowest BCUT2D eigenvalue weighted by atomic mass is 9.89. The zero-order valence-electron chi connectivity index (χ0n) is 13.7. The van der Waals surface area contributed by atoms with Gasteiger partial charge in [-0.2, -0.15) is 0 Å². The molecule has 1 heterocycles. The van der Waals surface area contributed by atoms with Gasteiger partial charge in [0.1, 0.15) is 5.75 Å². The molecule has 0 radical (unpaired) electrons. The summed E-state index contributed by atoms with van der Waals surface area (Å²) in [5.74, 6) is 0.221. The fraction of sp³-hybridized carbons (Fsp3) is 0.588. The van der Waals surface area contributed by atoms with E-state index in [-0.39, 0.29) is 28.0 Å². The van der Waals surface area contributed by atoms with Crippen LogP contribution in [0.25, 0.3) is 0 Å². The lowest BCUT2D eigenvalue weighted by molar-refractivity contribution is -0.274. The zero-order chi connectivity index (χ0) is 17.9. The van der Waals surface area contributed by atoms with E-state index in [4.69, 9.17) is 0 Å². The summed E-state index contributed by atoms with van der Waals surface area (Å²) in [7, 11) is 0. The normalized spacial score (nSPS) is 17.7. The van der Waals surface area contributed by atoms with Gasteiger partial charge in [-0.15, -0.1) is 13.2 Å². The molecule has 1 aromatic carbocycles. The number of nitrogens with zero attached hydrogens (tertiary/aromatic N) is 1. The van der Waals surface area contributed by atoms with Crippen LogP contribution < -0.4 is 4.74 Å². The molecule has 1 aliphatic heterocycles. The number of alkyl halides is 3. The third-order valence-electron chi connectivity index (χ3n) is 4.49. The van der Waals surface area contributed by atoms with Gasteiger partial charge in [-0.3, -0.25) is 4.79 Å². The fourth-order valence-electron chi connectivity index (χ4n) is 2.90. The molecule has 7 heteroatoms. The lowest BCUT2D eigenvalue weighted by Gasteiger charge is -2.33.